The molecule has 1 saturated carbocycles. The van der Waals surface area contributed by atoms with E-state index in [1.807, 2.05) is 5.32 Å². The van der Waals surface area contributed by atoms with Crippen molar-refractivity contribution in [2.45, 2.75) is 62.8 Å². The molecule has 1 spiro atoms. The molecule has 1 aromatic carbocycles. The number of amides is 5. The van der Waals surface area contributed by atoms with E-state index in [4.69, 9.17) is 21.4 Å². The molecule has 3 aliphatic rings. The van der Waals surface area contributed by atoms with Crippen molar-refractivity contribution in [1.82, 2.24) is 20.9 Å². The normalized spacial score (nSPS) is 22.8. The van der Waals surface area contributed by atoms with Crippen molar-refractivity contribution in [3.63, 3.8) is 0 Å². The number of Topliss-reactive ketones (excluding diaryl/α,β-unsaturated/α-hetero) is 1. The molecule has 4 N–H and O–H groups in total. The lowest BCUT2D eigenvalue weighted by Crippen LogP contribution is -2.54. The number of carbonyl (C=O) groups is 6. The molecule has 14 heteroatoms. The van der Waals surface area contributed by atoms with Gasteiger partial charge in [-0.2, -0.15) is 0 Å². The van der Waals surface area contributed by atoms with Gasteiger partial charge >= 0.3 is 12.2 Å². The Morgan fingerprint density at radius 1 is 1.21 bits per heavy atom. The van der Waals surface area contributed by atoms with Crippen LogP contribution in [0.3, 0.4) is 0 Å². The van der Waals surface area contributed by atoms with Crippen molar-refractivity contribution in [1.29, 1.82) is 0 Å². The molecule has 3 atom stereocenters. The number of nitrogens with one attached hydrogen (secondary N) is 3. The second kappa shape index (κ2) is 11.5. The van der Waals surface area contributed by atoms with Crippen molar-refractivity contribution < 1.29 is 38.6 Å². The van der Waals surface area contributed by atoms with E-state index < -0.39 is 59.9 Å². The van der Waals surface area contributed by atoms with Gasteiger partial charge in [-0.3, -0.25) is 24.1 Å². The minimum atomic E-state index is -1.42. The first-order valence-electron chi connectivity index (χ1n) is 12.7. The summed E-state index contributed by atoms with van der Waals surface area (Å²) < 4.78 is 5.69. The SMILES string of the molecule is CCCC(NC(=O)C1CC2(CN(c3cccc(Cl)c3)C(=O)O2)CN1C(=O)CNC(=O)O)C(=O)C(=O)NC1CC1. The highest BCUT2D eigenvalue weighted by Crippen LogP contribution is 2.38. The van der Waals surface area contributed by atoms with Crippen LogP contribution >= 0.6 is 11.6 Å². The molecule has 3 unspecified atom stereocenters. The summed E-state index contributed by atoms with van der Waals surface area (Å²) in [5.41, 5.74) is -0.800. The summed E-state index contributed by atoms with van der Waals surface area (Å²) in [6.07, 6.45) is 0.0761. The fourth-order valence-corrected chi connectivity index (χ4v) is 5.00. The lowest BCUT2D eigenvalue weighted by Gasteiger charge is -2.25. The summed E-state index contributed by atoms with van der Waals surface area (Å²) in [6, 6.07) is 4.22. The zero-order valence-corrected chi connectivity index (χ0v) is 22.0. The van der Waals surface area contributed by atoms with Gasteiger partial charge in [-0.25, -0.2) is 9.59 Å². The molecule has 2 heterocycles. The Kier molecular flexibility index (Phi) is 8.28. The van der Waals surface area contributed by atoms with Gasteiger partial charge in [-0.15, -0.1) is 0 Å². The third-order valence-electron chi connectivity index (χ3n) is 6.85. The maximum Gasteiger partial charge on any atom is 0.415 e. The molecule has 39 heavy (non-hydrogen) atoms. The van der Waals surface area contributed by atoms with E-state index in [1.54, 1.807) is 31.2 Å². The lowest BCUT2D eigenvalue weighted by molar-refractivity contribution is -0.142. The second-order valence-corrected chi connectivity index (χ2v) is 10.4. The van der Waals surface area contributed by atoms with Crippen molar-refractivity contribution in [2.75, 3.05) is 24.5 Å². The Balaban J connectivity index is 1.54. The molecule has 210 valence electrons. The molecule has 13 nitrogen and oxygen atoms in total. The smallest absolute Gasteiger partial charge is 0.415 e. The van der Waals surface area contributed by atoms with Crippen molar-refractivity contribution in [3.05, 3.63) is 29.3 Å². The minimum Gasteiger partial charge on any atom is -0.465 e. The van der Waals surface area contributed by atoms with Crippen LogP contribution in [0.1, 0.15) is 39.0 Å². The second-order valence-electron chi connectivity index (χ2n) is 9.98. The van der Waals surface area contributed by atoms with Crippen LogP contribution in [0.25, 0.3) is 0 Å². The van der Waals surface area contributed by atoms with Gasteiger partial charge in [0.2, 0.25) is 17.6 Å². The van der Waals surface area contributed by atoms with Crippen LogP contribution in [-0.4, -0.2) is 89.1 Å². The first-order chi connectivity index (χ1) is 18.5. The van der Waals surface area contributed by atoms with E-state index in [0.29, 0.717) is 17.1 Å². The average Bonchev–Trinajstić information content (AvgIpc) is 3.53. The molecule has 1 aromatic rings. The lowest BCUT2D eigenvalue weighted by atomic mass is 9.99. The fraction of sp³-hybridized carbons (Fsp3) is 0.520. The van der Waals surface area contributed by atoms with Gasteiger partial charge in [-0.05, 0) is 37.5 Å². The number of hydrogen-bond donors (Lipinski definition) is 4. The summed E-state index contributed by atoms with van der Waals surface area (Å²) in [7, 11) is 0. The van der Waals surface area contributed by atoms with Gasteiger partial charge in [-0.1, -0.05) is 31.0 Å². The Hall–Kier alpha value is -3.87. The topological polar surface area (TPSA) is 174 Å². The van der Waals surface area contributed by atoms with Crippen LogP contribution in [0.4, 0.5) is 15.3 Å². The quantitative estimate of drug-likeness (QED) is 0.305. The maximum absolute atomic E-state index is 13.5. The summed E-state index contributed by atoms with van der Waals surface area (Å²) in [5.74, 6) is -2.98. The third kappa shape index (κ3) is 6.59. The predicted octanol–water partition coefficient (Wildman–Crippen LogP) is 1.04. The van der Waals surface area contributed by atoms with E-state index in [2.05, 4.69) is 10.6 Å². The number of ether oxygens (including phenoxy) is 1. The summed E-state index contributed by atoms with van der Waals surface area (Å²) in [5, 5.41) is 16.5. The molecule has 3 fully saturated rings. The molecule has 0 bridgehead atoms. The zero-order valence-electron chi connectivity index (χ0n) is 21.3. The standard InChI is InChI=1S/C25H30ClN5O8/c1-2-4-17(20(33)22(35)28-15-7-8-15)29-21(34)18-10-25(13-31(18)19(32)11-27-23(36)37)12-30(24(38)39-25)16-6-3-5-14(26)9-16/h3,5-6,9,15,17-18,27H,2,4,7-8,10-13H2,1H3,(H,28,35)(H,29,34)(H,36,37). The summed E-state index contributed by atoms with van der Waals surface area (Å²) in [4.78, 5) is 77.9. The summed E-state index contributed by atoms with van der Waals surface area (Å²) >= 11 is 6.07. The van der Waals surface area contributed by atoms with Crippen LogP contribution in [0.2, 0.25) is 5.02 Å². The number of benzene rings is 1. The first kappa shape index (κ1) is 28.1. The maximum atomic E-state index is 13.5. The van der Waals surface area contributed by atoms with E-state index in [-0.39, 0.29) is 32.0 Å². The largest absolute Gasteiger partial charge is 0.465 e. The molecule has 4 rings (SSSR count). The van der Waals surface area contributed by atoms with Crippen LogP contribution in [0, 0.1) is 0 Å². The Morgan fingerprint density at radius 2 is 1.95 bits per heavy atom. The number of hydrogen-bond acceptors (Lipinski definition) is 7. The fourth-order valence-electron chi connectivity index (χ4n) is 4.82. The van der Waals surface area contributed by atoms with Gasteiger partial charge in [0.1, 0.15) is 12.6 Å². The highest BCUT2D eigenvalue weighted by molar-refractivity contribution is 6.38. The highest BCUT2D eigenvalue weighted by Gasteiger charge is 2.56. The number of carbonyl (C=O) groups excluding carboxylic acids is 5. The van der Waals surface area contributed by atoms with Crippen LogP contribution in [-0.2, 0) is 23.9 Å². The molecule has 5 amide bonds. The molecule has 0 aromatic heterocycles. The molecule has 0 radical (unpaired) electrons. The summed E-state index contributed by atoms with van der Waals surface area (Å²) in [6.45, 7) is 1.02. The van der Waals surface area contributed by atoms with Gasteiger partial charge in [0.05, 0.1) is 19.1 Å². The van der Waals surface area contributed by atoms with Gasteiger partial charge in [0.25, 0.3) is 5.91 Å². The Morgan fingerprint density at radius 3 is 2.59 bits per heavy atom. The third-order valence-corrected chi connectivity index (χ3v) is 7.09. The molecule has 2 aliphatic heterocycles. The number of carboxylic acid groups (broad SMARTS) is 1. The molecule has 2 saturated heterocycles. The van der Waals surface area contributed by atoms with E-state index >= 15 is 0 Å². The number of ketones is 1. The van der Waals surface area contributed by atoms with E-state index in [9.17, 15) is 28.8 Å². The number of rotatable bonds is 10. The van der Waals surface area contributed by atoms with Crippen LogP contribution in [0.5, 0.6) is 0 Å². The molecular weight excluding hydrogens is 534 g/mol. The number of halogens is 1. The average molecular weight is 564 g/mol. The Bertz CT molecular complexity index is 1190. The molecule has 1 aliphatic carbocycles. The van der Waals surface area contributed by atoms with Crippen LogP contribution < -0.4 is 20.9 Å². The van der Waals surface area contributed by atoms with E-state index in [1.165, 1.54) is 4.90 Å². The number of likely N-dealkylation sites (tertiary alicyclic amines) is 1. The first-order valence-corrected chi connectivity index (χ1v) is 13.1. The van der Waals surface area contributed by atoms with Gasteiger partial charge < -0.3 is 30.7 Å². The van der Waals surface area contributed by atoms with Crippen molar-refractivity contribution in [2.24, 2.45) is 0 Å². The van der Waals surface area contributed by atoms with Gasteiger partial charge in [0, 0.05) is 23.2 Å². The minimum absolute atomic E-state index is 0.00715. The van der Waals surface area contributed by atoms with Crippen molar-refractivity contribution >= 4 is 53.0 Å². The van der Waals surface area contributed by atoms with Gasteiger partial charge in [0.15, 0.2) is 5.60 Å². The highest BCUT2D eigenvalue weighted by atomic mass is 35.5. The van der Waals surface area contributed by atoms with E-state index in [0.717, 1.165) is 17.7 Å². The number of nitrogens with zero attached hydrogens (tertiary/aromatic N) is 2. The predicted molar refractivity (Wildman–Crippen MR) is 137 cm³/mol. The molecular formula is C25H30ClN5O8. The Labute approximate surface area is 229 Å². The zero-order chi connectivity index (χ0) is 28.3. The van der Waals surface area contributed by atoms with Crippen LogP contribution in [0.15, 0.2) is 24.3 Å². The number of anilines is 1. The monoisotopic (exact) mass is 563 g/mol. The van der Waals surface area contributed by atoms with Crippen molar-refractivity contribution in [3.8, 4) is 0 Å².